The van der Waals surface area contributed by atoms with Gasteiger partial charge in [0, 0.05) is 18.1 Å². The number of fused-ring (bicyclic) bond motifs is 1. The lowest BCUT2D eigenvalue weighted by atomic mass is 10.00. The van der Waals surface area contributed by atoms with Crippen LogP contribution in [-0.2, 0) is 15.3 Å². The summed E-state index contributed by atoms with van der Waals surface area (Å²) in [6, 6.07) is 3.67. The SMILES string of the molecule is CCCC1(c2cc3c(cc2Cl)OCCO3)OCCO1. The van der Waals surface area contributed by atoms with E-state index < -0.39 is 5.79 Å². The van der Waals surface area contributed by atoms with E-state index in [9.17, 15) is 0 Å². The predicted octanol–water partition coefficient (Wildman–Crippen LogP) is 3.11. The molecule has 0 atom stereocenters. The fraction of sp³-hybridized carbons (Fsp3) is 0.571. The molecule has 1 saturated heterocycles. The van der Waals surface area contributed by atoms with E-state index in [0.717, 1.165) is 18.4 Å². The van der Waals surface area contributed by atoms with Gasteiger partial charge in [-0.2, -0.15) is 0 Å². The molecule has 0 bridgehead atoms. The lowest BCUT2D eigenvalue weighted by Gasteiger charge is -2.30. The van der Waals surface area contributed by atoms with Crippen LogP contribution in [0.2, 0.25) is 5.02 Å². The second kappa shape index (κ2) is 5.19. The van der Waals surface area contributed by atoms with Crippen molar-refractivity contribution in [3.63, 3.8) is 0 Å². The number of hydrogen-bond donors (Lipinski definition) is 0. The van der Waals surface area contributed by atoms with Gasteiger partial charge in [0.15, 0.2) is 17.3 Å². The first kappa shape index (κ1) is 13.0. The van der Waals surface area contributed by atoms with Crippen LogP contribution in [0.4, 0.5) is 0 Å². The molecule has 4 nitrogen and oxygen atoms in total. The average Bonchev–Trinajstić information content (AvgIpc) is 2.88. The number of rotatable bonds is 3. The highest BCUT2D eigenvalue weighted by atomic mass is 35.5. The molecule has 1 aromatic rings. The zero-order valence-corrected chi connectivity index (χ0v) is 11.7. The summed E-state index contributed by atoms with van der Waals surface area (Å²) in [6.07, 6.45) is 1.72. The van der Waals surface area contributed by atoms with Gasteiger partial charge in [-0.15, -0.1) is 0 Å². The first-order valence-electron chi connectivity index (χ1n) is 6.63. The Balaban J connectivity index is 2.03. The van der Waals surface area contributed by atoms with Gasteiger partial charge in [0.1, 0.15) is 13.2 Å². The molecule has 0 amide bonds. The summed E-state index contributed by atoms with van der Waals surface area (Å²) in [6.45, 7) is 4.38. The van der Waals surface area contributed by atoms with E-state index in [0.29, 0.717) is 42.9 Å². The van der Waals surface area contributed by atoms with Crippen LogP contribution in [0.15, 0.2) is 12.1 Å². The van der Waals surface area contributed by atoms with Gasteiger partial charge in [0.2, 0.25) is 0 Å². The van der Waals surface area contributed by atoms with E-state index in [4.69, 9.17) is 30.5 Å². The minimum absolute atomic E-state index is 0.551. The number of halogens is 1. The van der Waals surface area contributed by atoms with Crippen LogP contribution in [0.5, 0.6) is 11.5 Å². The predicted molar refractivity (Wildman–Crippen MR) is 70.9 cm³/mol. The third kappa shape index (κ3) is 2.29. The van der Waals surface area contributed by atoms with E-state index in [2.05, 4.69) is 6.92 Å². The second-order valence-electron chi connectivity index (χ2n) is 4.68. The molecule has 2 aliphatic heterocycles. The summed E-state index contributed by atoms with van der Waals surface area (Å²) in [5.74, 6) is 0.659. The highest BCUT2D eigenvalue weighted by Gasteiger charge is 2.40. The summed E-state index contributed by atoms with van der Waals surface area (Å²) in [4.78, 5) is 0. The fourth-order valence-corrected chi connectivity index (χ4v) is 2.87. The molecule has 0 aliphatic carbocycles. The van der Waals surface area contributed by atoms with Gasteiger partial charge >= 0.3 is 0 Å². The number of benzene rings is 1. The van der Waals surface area contributed by atoms with Crippen molar-refractivity contribution in [2.24, 2.45) is 0 Å². The molecular formula is C14H17ClO4. The average molecular weight is 285 g/mol. The van der Waals surface area contributed by atoms with Crippen LogP contribution in [0.1, 0.15) is 25.3 Å². The third-order valence-electron chi connectivity index (χ3n) is 3.38. The Hall–Kier alpha value is -0.970. The van der Waals surface area contributed by atoms with Gasteiger partial charge in [0.05, 0.1) is 18.2 Å². The Bertz CT molecular complexity index is 469. The highest BCUT2D eigenvalue weighted by Crippen LogP contribution is 2.44. The lowest BCUT2D eigenvalue weighted by molar-refractivity contribution is -0.171. The number of hydrogen-bond acceptors (Lipinski definition) is 4. The molecule has 0 N–H and O–H groups in total. The van der Waals surface area contributed by atoms with Crippen LogP contribution in [0, 0.1) is 0 Å². The molecule has 3 rings (SSSR count). The topological polar surface area (TPSA) is 36.9 Å². The van der Waals surface area contributed by atoms with E-state index >= 15 is 0 Å². The van der Waals surface area contributed by atoms with Crippen LogP contribution in [0.25, 0.3) is 0 Å². The maximum Gasteiger partial charge on any atom is 0.196 e. The van der Waals surface area contributed by atoms with Gasteiger partial charge in [0.25, 0.3) is 0 Å². The molecule has 0 unspecified atom stereocenters. The van der Waals surface area contributed by atoms with Crippen molar-refractivity contribution in [2.45, 2.75) is 25.6 Å². The molecule has 1 fully saturated rings. The summed E-state index contributed by atoms with van der Waals surface area (Å²) in [5.41, 5.74) is 0.831. The molecule has 2 aliphatic rings. The van der Waals surface area contributed by atoms with E-state index in [1.807, 2.05) is 6.07 Å². The lowest BCUT2D eigenvalue weighted by Crippen LogP contribution is -2.28. The summed E-state index contributed by atoms with van der Waals surface area (Å²) >= 11 is 6.37. The van der Waals surface area contributed by atoms with Crippen LogP contribution >= 0.6 is 11.6 Å². The Kier molecular flexibility index (Phi) is 3.56. The van der Waals surface area contributed by atoms with Crippen molar-refractivity contribution in [3.05, 3.63) is 22.7 Å². The van der Waals surface area contributed by atoms with Crippen molar-refractivity contribution in [1.29, 1.82) is 0 Å². The van der Waals surface area contributed by atoms with Crippen molar-refractivity contribution in [2.75, 3.05) is 26.4 Å². The smallest absolute Gasteiger partial charge is 0.196 e. The van der Waals surface area contributed by atoms with E-state index in [1.54, 1.807) is 6.07 Å². The Labute approximate surface area is 117 Å². The summed E-state index contributed by atoms with van der Waals surface area (Å²) in [7, 11) is 0. The molecule has 0 saturated carbocycles. The third-order valence-corrected chi connectivity index (χ3v) is 3.69. The van der Waals surface area contributed by atoms with Gasteiger partial charge in [-0.05, 0) is 6.07 Å². The zero-order chi connectivity index (χ0) is 13.3. The van der Waals surface area contributed by atoms with E-state index in [-0.39, 0.29) is 0 Å². The maximum absolute atomic E-state index is 6.37. The Morgan fingerprint density at radius 2 is 1.68 bits per heavy atom. The molecular weight excluding hydrogens is 268 g/mol. The van der Waals surface area contributed by atoms with E-state index in [1.165, 1.54) is 0 Å². The molecule has 0 radical (unpaired) electrons. The highest BCUT2D eigenvalue weighted by molar-refractivity contribution is 6.31. The van der Waals surface area contributed by atoms with Crippen LogP contribution in [0.3, 0.4) is 0 Å². The van der Waals surface area contributed by atoms with Crippen molar-refractivity contribution in [3.8, 4) is 11.5 Å². The normalized spacial score (nSPS) is 20.5. The zero-order valence-electron chi connectivity index (χ0n) is 10.9. The molecule has 5 heteroatoms. The van der Waals surface area contributed by atoms with Gasteiger partial charge in [-0.1, -0.05) is 24.9 Å². The van der Waals surface area contributed by atoms with Crippen molar-refractivity contribution in [1.82, 2.24) is 0 Å². The Morgan fingerprint density at radius 1 is 1.05 bits per heavy atom. The minimum Gasteiger partial charge on any atom is -0.486 e. The van der Waals surface area contributed by atoms with Gasteiger partial charge < -0.3 is 18.9 Å². The molecule has 0 spiro atoms. The van der Waals surface area contributed by atoms with Crippen LogP contribution < -0.4 is 9.47 Å². The molecule has 1 aromatic carbocycles. The first-order valence-corrected chi connectivity index (χ1v) is 7.00. The van der Waals surface area contributed by atoms with Gasteiger partial charge in [-0.25, -0.2) is 0 Å². The molecule has 2 heterocycles. The Morgan fingerprint density at radius 3 is 2.32 bits per heavy atom. The minimum atomic E-state index is -0.734. The largest absolute Gasteiger partial charge is 0.486 e. The molecule has 19 heavy (non-hydrogen) atoms. The van der Waals surface area contributed by atoms with Crippen molar-refractivity contribution < 1.29 is 18.9 Å². The standard InChI is InChI=1S/C14H17ClO4/c1-2-3-14(18-6-7-19-14)10-8-12-13(9-11(10)15)17-5-4-16-12/h8-9H,2-7H2,1H3. The number of ether oxygens (including phenoxy) is 4. The maximum atomic E-state index is 6.37. The molecule has 0 aromatic heterocycles. The summed E-state index contributed by atoms with van der Waals surface area (Å²) < 4.78 is 22.8. The molecule has 104 valence electrons. The summed E-state index contributed by atoms with van der Waals surface area (Å²) in [5, 5.41) is 0.597. The monoisotopic (exact) mass is 284 g/mol. The first-order chi connectivity index (χ1) is 9.25. The second-order valence-corrected chi connectivity index (χ2v) is 5.08. The quantitative estimate of drug-likeness (QED) is 0.855. The van der Waals surface area contributed by atoms with Crippen LogP contribution in [-0.4, -0.2) is 26.4 Å². The van der Waals surface area contributed by atoms with Gasteiger partial charge in [-0.3, -0.25) is 0 Å². The van der Waals surface area contributed by atoms with Crippen molar-refractivity contribution >= 4 is 11.6 Å². The fourth-order valence-electron chi connectivity index (χ4n) is 2.57.